The van der Waals surface area contributed by atoms with E-state index in [1.54, 1.807) is 0 Å². The van der Waals surface area contributed by atoms with Crippen LogP contribution in [-0.4, -0.2) is 30.5 Å². The van der Waals surface area contributed by atoms with E-state index in [1.807, 2.05) is 10.8 Å². The number of imidazole rings is 1. The first-order chi connectivity index (χ1) is 14.6. The van der Waals surface area contributed by atoms with Crippen molar-refractivity contribution in [1.82, 2.24) is 14.3 Å². The number of halogens is 3. The highest BCUT2D eigenvalue weighted by atomic mass is 32.2. The molecule has 0 atom stereocenters. The molecule has 0 unspecified atom stereocenters. The first-order valence-electron chi connectivity index (χ1n) is 9.32. The average molecular weight is 470 g/mol. The van der Waals surface area contributed by atoms with E-state index < -0.39 is 15.5 Å². The van der Waals surface area contributed by atoms with Crippen molar-refractivity contribution in [2.45, 2.75) is 34.7 Å². The summed E-state index contributed by atoms with van der Waals surface area (Å²) in [4.78, 5) is 4.71. The molecule has 0 aliphatic carbocycles. The lowest BCUT2D eigenvalue weighted by molar-refractivity contribution is -0.0328. The van der Waals surface area contributed by atoms with Gasteiger partial charge in [-0.2, -0.15) is 13.2 Å². The number of fused-ring (bicyclic) bond motifs is 1. The van der Waals surface area contributed by atoms with Gasteiger partial charge >= 0.3 is 5.51 Å². The van der Waals surface area contributed by atoms with Crippen LogP contribution in [0.3, 0.4) is 0 Å². The number of rotatable bonds is 6. The normalized spacial score (nSPS) is 13.9. The molecule has 0 saturated carbocycles. The van der Waals surface area contributed by atoms with Crippen molar-refractivity contribution >= 4 is 21.8 Å². The van der Waals surface area contributed by atoms with Crippen LogP contribution in [0.15, 0.2) is 58.5 Å². The number of hydrogen-bond donors (Lipinski definition) is 1. The van der Waals surface area contributed by atoms with Crippen LogP contribution in [0.25, 0.3) is 11.3 Å². The van der Waals surface area contributed by atoms with Gasteiger partial charge in [0.25, 0.3) is 0 Å². The van der Waals surface area contributed by atoms with Gasteiger partial charge in [0.15, 0.2) is 0 Å². The summed E-state index contributed by atoms with van der Waals surface area (Å²) in [5.74, 6) is 1.59. The Labute approximate surface area is 181 Å². The van der Waals surface area contributed by atoms with E-state index in [-0.39, 0.29) is 21.6 Å². The van der Waals surface area contributed by atoms with E-state index in [0.717, 1.165) is 25.2 Å². The van der Waals surface area contributed by atoms with Crippen molar-refractivity contribution < 1.29 is 26.3 Å². The van der Waals surface area contributed by atoms with Crippen LogP contribution in [0.1, 0.15) is 12.2 Å². The molecule has 1 aromatic heterocycles. The Morgan fingerprint density at radius 3 is 2.55 bits per heavy atom. The molecule has 164 valence electrons. The molecular weight excluding hydrogens is 451 g/mol. The largest absolute Gasteiger partial charge is 0.457 e. The SMILES string of the molecule is CNS(=O)(=O)c1ccc(Oc2ccc(SC(F)(F)F)cc2)c(-c2cn3c(n2)CCC3)c1. The minimum atomic E-state index is -4.37. The van der Waals surface area contributed by atoms with Gasteiger partial charge in [0.05, 0.1) is 10.6 Å². The van der Waals surface area contributed by atoms with Gasteiger partial charge in [-0.05, 0) is 67.7 Å². The van der Waals surface area contributed by atoms with Gasteiger partial charge in [-0.1, -0.05) is 0 Å². The molecule has 0 fully saturated rings. The molecule has 4 rings (SSSR count). The first kappa shape index (κ1) is 21.7. The topological polar surface area (TPSA) is 73.2 Å². The zero-order chi connectivity index (χ0) is 22.2. The van der Waals surface area contributed by atoms with E-state index in [4.69, 9.17) is 4.74 Å². The number of sulfonamides is 1. The number of nitrogens with zero attached hydrogens (tertiary/aromatic N) is 2. The first-order valence-corrected chi connectivity index (χ1v) is 11.6. The lowest BCUT2D eigenvalue weighted by Crippen LogP contribution is -2.18. The van der Waals surface area contributed by atoms with E-state index in [1.165, 1.54) is 49.5 Å². The summed E-state index contributed by atoms with van der Waals surface area (Å²) in [6.07, 6.45) is 3.69. The fraction of sp³-hybridized carbons (Fsp3) is 0.250. The summed E-state index contributed by atoms with van der Waals surface area (Å²) in [6.45, 7) is 0.839. The molecule has 0 spiro atoms. The Balaban J connectivity index is 1.69. The number of nitrogens with one attached hydrogen (secondary N) is 1. The van der Waals surface area contributed by atoms with Gasteiger partial charge in [-0.25, -0.2) is 18.1 Å². The van der Waals surface area contributed by atoms with Gasteiger partial charge < -0.3 is 9.30 Å². The number of hydrogen-bond acceptors (Lipinski definition) is 5. The fourth-order valence-corrected chi connectivity index (χ4v) is 4.60. The minimum absolute atomic E-state index is 0.0426. The fourth-order valence-electron chi connectivity index (χ4n) is 3.30. The van der Waals surface area contributed by atoms with E-state index >= 15 is 0 Å². The van der Waals surface area contributed by atoms with Gasteiger partial charge in [0, 0.05) is 29.6 Å². The number of alkyl halides is 3. The monoisotopic (exact) mass is 469 g/mol. The third kappa shape index (κ3) is 4.89. The lowest BCUT2D eigenvalue weighted by atomic mass is 10.1. The predicted octanol–water partition coefficient (Wildman–Crippen LogP) is 4.81. The second-order valence-electron chi connectivity index (χ2n) is 6.83. The van der Waals surface area contributed by atoms with Crippen molar-refractivity contribution in [2.75, 3.05) is 7.05 Å². The minimum Gasteiger partial charge on any atom is -0.457 e. The molecule has 1 aliphatic rings. The standard InChI is InChI=1S/C20H18F3N3O3S2/c1-24-31(27,28)15-8-9-18(16(11-15)17-12-26-10-2-3-19(26)25-17)29-13-4-6-14(7-5-13)30-20(21,22)23/h4-9,11-12,24H,2-3,10H2,1H3. The molecule has 6 nitrogen and oxygen atoms in total. The Morgan fingerprint density at radius 1 is 1.16 bits per heavy atom. The Morgan fingerprint density at radius 2 is 1.90 bits per heavy atom. The third-order valence-electron chi connectivity index (χ3n) is 4.75. The molecule has 1 aliphatic heterocycles. The summed E-state index contributed by atoms with van der Waals surface area (Å²) in [5, 5.41) is 0. The van der Waals surface area contributed by atoms with Crippen molar-refractivity contribution in [1.29, 1.82) is 0 Å². The number of benzene rings is 2. The molecule has 0 bridgehead atoms. The Hall–Kier alpha value is -2.50. The van der Waals surface area contributed by atoms with Crippen LogP contribution in [0.5, 0.6) is 11.5 Å². The predicted molar refractivity (Wildman–Crippen MR) is 111 cm³/mol. The van der Waals surface area contributed by atoms with Crippen LogP contribution >= 0.6 is 11.8 Å². The van der Waals surface area contributed by atoms with Crippen molar-refractivity contribution in [3.63, 3.8) is 0 Å². The lowest BCUT2D eigenvalue weighted by Gasteiger charge is -2.13. The van der Waals surface area contributed by atoms with Crippen LogP contribution in [0.2, 0.25) is 0 Å². The van der Waals surface area contributed by atoms with Crippen molar-refractivity contribution in [3.8, 4) is 22.8 Å². The highest BCUT2D eigenvalue weighted by Crippen LogP contribution is 2.39. The number of thioether (sulfide) groups is 1. The van der Waals surface area contributed by atoms with Crippen molar-refractivity contribution in [2.24, 2.45) is 0 Å². The summed E-state index contributed by atoms with van der Waals surface area (Å²) in [5.41, 5.74) is -3.32. The number of aromatic nitrogens is 2. The van der Waals surface area contributed by atoms with Crippen LogP contribution < -0.4 is 9.46 Å². The molecular formula is C20H18F3N3O3S2. The van der Waals surface area contributed by atoms with Crippen LogP contribution in [0, 0.1) is 0 Å². The smallest absolute Gasteiger partial charge is 0.446 e. The summed E-state index contributed by atoms with van der Waals surface area (Å²) in [7, 11) is -2.36. The third-order valence-corrected chi connectivity index (χ3v) is 6.90. The van der Waals surface area contributed by atoms with E-state index in [2.05, 4.69) is 9.71 Å². The second kappa shape index (κ2) is 8.21. The second-order valence-corrected chi connectivity index (χ2v) is 9.85. The highest BCUT2D eigenvalue weighted by Gasteiger charge is 2.29. The number of aryl methyl sites for hydroxylation is 2. The van der Waals surface area contributed by atoms with Crippen molar-refractivity contribution in [3.05, 3.63) is 54.5 Å². The molecule has 0 saturated heterocycles. The molecule has 3 aromatic rings. The maximum Gasteiger partial charge on any atom is 0.446 e. The summed E-state index contributed by atoms with van der Waals surface area (Å²) in [6, 6.07) is 9.90. The van der Waals surface area contributed by atoms with Crippen LogP contribution in [-0.2, 0) is 23.0 Å². The highest BCUT2D eigenvalue weighted by molar-refractivity contribution is 8.00. The quantitative estimate of drug-likeness (QED) is 0.525. The maximum absolute atomic E-state index is 12.5. The van der Waals surface area contributed by atoms with E-state index in [0.29, 0.717) is 22.8 Å². The molecule has 0 radical (unpaired) electrons. The summed E-state index contributed by atoms with van der Waals surface area (Å²) < 4.78 is 72.3. The maximum atomic E-state index is 12.5. The van der Waals surface area contributed by atoms with Gasteiger partial charge in [0.1, 0.15) is 17.3 Å². The molecule has 11 heteroatoms. The average Bonchev–Trinajstić information content (AvgIpc) is 3.31. The van der Waals surface area contributed by atoms with Gasteiger partial charge in [0.2, 0.25) is 10.0 Å². The van der Waals surface area contributed by atoms with Gasteiger partial charge in [-0.15, -0.1) is 0 Å². The molecule has 1 N–H and O–H groups in total. The molecule has 2 heterocycles. The van der Waals surface area contributed by atoms with Crippen LogP contribution in [0.4, 0.5) is 13.2 Å². The Bertz CT molecular complexity index is 1190. The Kier molecular flexibility index (Phi) is 5.75. The summed E-state index contributed by atoms with van der Waals surface area (Å²) >= 11 is -0.206. The molecule has 2 aromatic carbocycles. The molecule has 0 amide bonds. The van der Waals surface area contributed by atoms with E-state index in [9.17, 15) is 21.6 Å². The number of ether oxygens (including phenoxy) is 1. The molecule has 31 heavy (non-hydrogen) atoms. The zero-order valence-electron chi connectivity index (χ0n) is 16.3. The zero-order valence-corrected chi connectivity index (χ0v) is 17.9. The van der Waals surface area contributed by atoms with Gasteiger partial charge in [-0.3, -0.25) is 0 Å².